The van der Waals surface area contributed by atoms with E-state index in [1.807, 2.05) is 0 Å². The fraction of sp³-hybridized carbons (Fsp3) is 0.423. The van der Waals surface area contributed by atoms with Gasteiger partial charge in [0.05, 0.1) is 6.04 Å². The number of hydrogen-bond donors (Lipinski definition) is 2. The van der Waals surface area contributed by atoms with Gasteiger partial charge in [0, 0.05) is 17.1 Å². The highest BCUT2D eigenvalue weighted by molar-refractivity contribution is 5.83. The molecule has 1 unspecified atom stereocenters. The molecule has 154 valence electrons. The molecule has 1 amide bonds. The van der Waals surface area contributed by atoms with Crippen LogP contribution < -0.4 is 5.32 Å². The van der Waals surface area contributed by atoms with E-state index in [2.05, 4.69) is 74.5 Å². The summed E-state index contributed by atoms with van der Waals surface area (Å²) in [7, 11) is 0. The second-order valence-corrected chi connectivity index (χ2v) is 8.02. The van der Waals surface area contributed by atoms with Gasteiger partial charge in [-0.25, -0.2) is 0 Å². The van der Waals surface area contributed by atoms with Crippen LogP contribution in [0.5, 0.6) is 0 Å². The number of fused-ring (bicyclic) bond motifs is 1. The molecule has 3 heteroatoms. The van der Waals surface area contributed by atoms with Gasteiger partial charge in [0.15, 0.2) is 0 Å². The maximum absolute atomic E-state index is 11.4. The summed E-state index contributed by atoms with van der Waals surface area (Å²) in [6, 6.07) is 11.3. The third kappa shape index (κ3) is 4.72. The predicted molar refractivity (Wildman–Crippen MR) is 122 cm³/mol. The molecule has 0 aliphatic heterocycles. The fourth-order valence-corrected chi connectivity index (χ4v) is 4.43. The molecule has 1 aromatic heterocycles. The summed E-state index contributed by atoms with van der Waals surface area (Å²) in [6.45, 7) is 8.80. The number of benzene rings is 2. The highest BCUT2D eigenvalue weighted by Gasteiger charge is 2.18. The van der Waals surface area contributed by atoms with Gasteiger partial charge in [-0.05, 0) is 79.0 Å². The number of hydrogen-bond acceptors (Lipinski definition) is 1. The molecule has 2 N–H and O–H groups in total. The van der Waals surface area contributed by atoms with E-state index < -0.39 is 0 Å². The summed E-state index contributed by atoms with van der Waals surface area (Å²) in [4.78, 5) is 14.8. The molecule has 1 atom stereocenters. The lowest BCUT2D eigenvalue weighted by Crippen LogP contribution is -2.22. The maximum Gasteiger partial charge on any atom is 0.207 e. The van der Waals surface area contributed by atoms with E-state index in [4.69, 9.17) is 0 Å². The van der Waals surface area contributed by atoms with E-state index in [0.29, 0.717) is 0 Å². The molecule has 0 bridgehead atoms. The third-order valence-electron chi connectivity index (χ3n) is 6.01. The monoisotopic (exact) mass is 390 g/mol. The van der Waals surface area contributed by atoms with Crippen LogP contribution in [0.3, 0.4) is 0 Å². The Balaban J connectivity index is 1.91. The van der Waals surface area contributed by atoms with Gasteiger partial charge >= 0.3 is 0 Å². The van der Waals surface area contributed by atoms with Crippen molar-refractivity contribution in [3.63, 3.8) is 0 Å². The quantitative estimate of drug-likeness (QED) is 0.411. The molecule has 0 spiro atoms. The van der Waals surface area contributed by atoms with Crippen LogP contribution in [0, 0.1) is 6.92 Å². The Hall–Kier alpha value is -2.55. The summed E-state index contributed by atoms with van der Waals surface area (Å²) < 4.78 is 0. The van der Waals surface area contributed by atoms with Gasteiger partial charge in [-0.3, -0.25) is 4.79 Å². The molecule has 0 saturated carbocycles. The van der Waals surface area contributed by atoms with Crippen molar-refractivity contribution in [2.75, 3.05) is 0 Å². The van der Waals surface area contributed by atoms with E-state index in [9.17, 15) is 4.79 Å². The number of nitrogens with one attached hydrogen (secondary N) is 2. The molecule has 0 aliphatic rings. The summed E-state index contributed by atoms with van der Waals surface area (Å²) in [5.74, 6) is 0. The second-order valence-electron chi connectivity index (χ2n) is 8.02. The largest absolute Gasteiger partial charge is 0.361 e. The number of aromatic nitrogens is 1. The maximum atomic E-state index is 11.4. The lowest BCUT2D eigenvalue weighted by atomic mass is 9.88. The van der Waals surface area contributed by atoms with Crippen LogP contribution >= 0.6 is 0 Å². The molecule has 0 aliphatic carbocycles. The van der Waals surface area contributed by atoms with Crippen molar-refractivity contribution in [3.8, 4) is 0 Å². The number of aromatic amines is 1. The van der Waals surface area contributed by atoms with Crippen LogP contribution in [0.4, 0.5) is 0 Å². The first-order valence-electron chi connectivity index (χ1n) is 11.0. The Bertz CT molecular complexity index is 970. The first kappa shape index (κ1) is 21.2. The summed E-state index contributed by atoms with van der Waals surface area (Å²) in [5, 5.41) is 4.40. The zero-order valence-electron chi connectivity index (χ0n) is 18.3. The molecule has 3 aromatic rings. The van der Waals surface area contributed by atoms with Crippen molar-refractivity contribution in [1.29, 1.82) is 0 Å². The van der Waals surface area contributed by atoms with Gasteiger partial charge in [-0.15, -0.1) is 0 Å². The number of amides is 1. The van der Waals surface area contributed by atoms with E-state index >= 15 is 0 Å². The van der Waals surface area contributed by atoms with E-state index in [1.165, 1.54) is 44.3 Å². The Morgan fingerprint density at radius 2 is 1.76 bits per heavy atom. The predicted octanol–water partition coefficient (Wildman–Crippen LogP) is 5.97. The summed E-state index contributed by atoms with van der Waals surface area (Å²) in [6.07, 6.45) is 9.07. The van der Waals surface area contributed by atoms with E-state index in [-0.39, 0.29) is 6.04 Å². The Morgan fingerprint density at radius 3 is 2.45 bits per heavy atom. The Labute approximate surface area is 174 Å². The molecule has 2 aromatic carbocycles. The smallest absolute Gasteiger partial charge is 0.207 e. The van der Waals surface area contributed by atoms with Crippen LogP contribution in [0.25, 0.3) is 10.9 Å². The van der Waals surface area contributed by atoms with Gasteiger partial charge in [0.25, 0.3) is 0 Å². The summed E-state index contributed by atoms with van der Waals surface area (Å²) >= 11 is 0. The molecule has 0 saturated heterocycles. The molecule has 3 nitrogen and oxygen atoms in total. The minimum Gasteiger partial charge on any atom is -0.361 e. The molecule has 0 fully saturated rings. The Morgan fingerprint density at radius 1 is 0.966 bits per heavy atom. The van der Waals surface area contributed by atoms with Crippen molar-refractivity contribution < 1.29 is 4.79 Å². The fourth-order valence-electron chi connectivity index (χ4n) is 4.43. The van der Waals surface area contributed by atoms with Crippen molar-refractivity contribution >= 4 is 17.3 Å². The molecule has 29 heavy (non-hydrogen) atoms. The van der Waals surface area contributed by atoms with E-state index in [1.54, 1.807) is 0 Å². The van der Waals surface area contributed by atoms with Crippen LogP contribution in [-0.4, -0.2) is 11.4 Å². The topological polar surface area (TPSA) is 44.9 Å². The number of rotatable bonds is 10. The second kappa shape index (κ2) is 9.78. The van der Waals surface area contributed by atoms with Crippen LogP contribution in [0.2, 0.25) is 0 Å². The minimum atomic E-state index is 0.0405. The van der Waals surface area contributed by atoms with Gasteiger partial charge in [0.2, 0.25) is 6.41 Å². The summed E-state index contributed by atoms with van der Waals surface area (Å²) in [5.41, 5.74) is 9.29. The average molecular weight is 391 g/mol. The first-order valence-corrected chi connectivity index (χ1v) is 11.0. The van der Waals surface area contributed by atoms with Crippen LogP contribution in [0.15, 0.2) is 36.5 Å². The van der Waals surface area contributed by atoms with Gasteiger partial charge in [-0.1, -0.05) is 51.0 Å². The third-order valence-corrected chi connectivity index (χ3v) is 6.01. The van der Waals surface area contributed by atoms with Gasteiger partial charge < -0.3 is 10.3 Å². The Kier molecular flexibility index (Phi) is 7.13. The zero-order valence-corrected chi connectivity index (χ0v) is 18.3. The number of H-pyrrole nitrogens is 1. The molecule has 0 radical (unpaired) electrons. The lowest BCUT2D eigenvalue weighted by molar-refractivity contribution is -0.110. The number of aryl methyl sites for hydroxylation is 5. The van der Waals surface area contributed by atoms with Crippen molar-refractivity contribution in [1.82, 2.24) is 10.3 Å². The highest BCUT2D eigenvalue weighted by atomic mass is 16.1. The number of carbonyl (C=O) groups excluding carboxylic acids is 1. The molecular weight excluding hydrogens is 356 g/mol. The van der Waals surface area contributed by atoms with Crippen molar-refractivity contribution in [3.05, 3.63) is 69.9 Å². The normalized spacial score (nSPS) is 12.3. The zero-order chi connectivity index (χ0) is 20.8. The van der Waals surface area contributed by atoms with Crippen molar-refractivity contribution in [2.45, 2.75) is 72.3 Å². The van der Waals surface area contributed by atoms with Crippen LogP contribution in [-0.2, 0) is 30.5 Å². The SMILES string of the molecule is CCCc1cc(C(CCc2c[nH]c3ccc(C)cc23)NC=O)c(CC)cc1CC. The highest BCUT2D eigenvalue weighted by Crippen LogP contribution is 2.29. The van der Waals surface area contributed by atoms with Gasteiger partial charge in [-0.2, -0.15) is 0 Å². The van der Waals surface area contributed by atoms with Crippen LogP contribution in [0.1, 0.15) is 73.0 Å². The van der Waals surface area contributed by atoms with E-state index in [0.717, 1.165) is 44.9 Å². The standard InChI is InChI=1S/C26H34N2O/c1-5-8-21-15-24(20(7-3)14-19(21)6-2)26(28-17-29)12-10-22-16-27-25-11-9-18(4)13-23(22)25/h9,11,13-17,26-27H,5-8,10,12H2,1-4H3,(H,28,29). The average Bonchev–Trinajstić information content (AvgIpc) is 3.13. The minimum absolute atomic E-state index is 0.0405. The van der Waals surface area contributed by atoms with Crippen molar-refractivity contribution in [2.24, 2.45) is 0 Å². The number of carbonyl (C=O) groups is 1. The molecular formula is C26H34N2O. The molecule has 3 rings (SSSR count). The molecule has 1 heterocycles. The van der Waals surface area contributed by atoms with Gasteiger partial charge in [0.1, 0.15) is 0 Å². The first-order chi connectivity index (χ1) is 14.1. The lowest BCUT2D eigenvalue weighted by Gasteiger charge is -2.22.